The lowest BCUT2D eigenvalue weighted by Crippen LogP contribution is -2.46. The number of carbonyl (C=O) groups is 1. The number of ether oxygens (including phenoxy) is 2. The quantitative estimate of drug-likeness (QED) is 0.430. The Morgan fingerprint density at radius 3 is 2.69 bits per heavy atom. The van der Waals surface area contributed by atoms with Gasteiger partial charge in [-0.2, -0.15) is 0 Å². The highest BCUT2D eigenvalue weighted by Gasteiger charge is 2.34. The number of fused-ring (bicyclic) bond motifs is 1. The Labute approximate surface area is 151 Å². The number of non-ortho nitro benzene ring substituents is 1. The van der Waals surface area contributed by atoms with Crippen LogP contribution < -0.4 is 14.4 Å². The highest BCUT2D eigenvalue weighted by molar-refractivity contribution is 6.00. The molecular formula is C19H20N2O5. The van der Waals surface area contributed by atoms with Crippen LogP contribution in [0.3, 0.4) is 0 Å². The molecule has 1 heterocycles. The summed E-state index contributed by atoms with van der Waals surface area (Å²) >= 11 is 0. The minimum absolute atomic E-state index is 0.0689. The van der Waals surface area contributed by atoms with Gasteiger partial charge in [0.2, 0.25) is 0 Å². The maximum absolute atomic E-state index is 12.7. The van der Waals surface area contributed by atoms with Crippen molar-refractivity contribution in [2.75, 3.05) is 18.1 Å². The number of amides is 1. The fourth-order valence-corrected chi connectivity index (χ4v) is 2.84. The average molecular weight is 356 g/mol. The highest BCUT2D eigenvalue weighted by atomic mass is 16.6. The predicted octanol–water partition coefficient (Wildman–Crippen LogP) is 3.57. The molecule has 0 N–H and O–H groups in total. The molecule has 1 aliphatic heterocycles. The summed E-state index contributed by atoms with van der Waals surface area (Å²) < 4.78 is 11.3. The zero-order valence-electron chi connectivity index (χ0n) is 14.5. The summed E-state index contributed by atoms with van der Waals surface area (Å²) in [5.74, 6) is 1.08. The highest BCUT2D eigenvalue weighted by Crippen LogP contribution is 2.37. The molecule has 26 heavy (non-hydrogen) atoms. The van der Waals surface area contributed by atoms with Crippen LogP contribution in [0, 0.1) is 10.1 Å². The van der Waals surface area contributed by atoms with Gasteiger partial charge in [0.1, 0.15) is 11.5 Å². The largest absolute Gasteiger partial charge is 0.494 e. The van der Waals surface area contributed by atoms with Gasteiger partial charge in [0.15, 0.2) is 6.10 Å². The molecule has 1 atom stereocenters. The minimum atomic E-state index is -0.570. The number of hydrogen-bond acceptors (Lipinski definition) is 5. The lowest BCUT2D eigenvalue weighted by molar-refractivity contribution is -0.384. The summed E-state index contributed by atoms with van der Waals surface area (Å²) in [4.78, 5) is 24.8. The number of para-hydroxylation sites is 1. The van der Waals surface area contributed by atoms with E-state index in [9.17, 15) is 14.9 Å². The number of benzene rings is 2. The molecule has 0 spiro atoms. The van der Waals surface area contributed by atoms with Crippen molar-refractivity contribution < 1.29 is 19.2 Å². The van der Waals surface area contributed by atoms with Gasteiger partial charge in [-0.25, -0.2) is 0 Å². The molecule has 3 rings (SSSR count). The summed E-state index contributed by atoms with van der Waals surface area (Å²) in [7, 11) is 0. The van der Waals surface area contributed by atoms with E-state index in [1.807, 2.05) is 37.3 Å². The van der Waals surface area contributed by atoms with Crippen LogP contribution in [-0.4, -0.2) is 30.1 Å². The smallest absolute Gasteiger partial charge is 0.271 e. The number of nitrogens with zero attached hydrogens (tertiary/aromatic N) is 2. The lowest BCUT2D eigenvalue weighted by Gasteiger charge is -2.33. The Morgan fingerprint density at radius 2 is 2.00 bits per heavy atom. The third kappa shape index (κ3) is 3.77. The molecule has 0 fully saturated rings. The Morgan fingerprint density at radius 1 is 1.23 bits per heavy atom. The van der Waals surface area contributed by atoms with Crippen LogP contribution in [0.15, 0.2) is 48.5 Å². The molecule has 0 aromatic heterocycles. The number of nitro groups is 1. The Hall–Kier alpha value is -3.09. The zero-order chi connectivity index (χ0) is 18.5. The van der Waals surface area contributed by atoms with E-state index in [0.29, 0.717) is 37.4 Å². The molecule has 0 saturated carbocycles. The molecule has 2 aromatic rings. The lowest BCUT2D eigenvalue weighted by atomic mass is 10.1. The Kier molecular flexibility index (Phi) is 5.36. The fraction of sp³-hybridized carbons (Fsp3) is 0.316. The van der Waals surface area contributed by atoms with Gasteiger partial charge in [-0.1, -0.05) is 25.1 Å². The van der Waals surface area contributed by atoms with Crippen molar-refractivity contribution in [1.82, 2.24) is 0 Å². The molecular weight excluding hydrogens is 336 g/mol. The first-order valence-corrected chi connectivity index (χ1v) is 8.54. The van der Waals surface area contributed by atoms with E-state index in [1.54, 1.807) is 11.0 Å². The van der Waals surface area contributed by atoms with E-state index in [1.165, 1.54) is 12.1 Å². The van der Waals surface area contributed by atoms with E-state index in [-0.39, 0.29) is 11.6 Å². The normalized spacial score (nSPS) is 16.0. The average Bonchev–Trinajstić information content (AvgIpc) is 2.66. The van der Waals surface area contributed by atoms with Gasteiger partial charge in [-0.05, 0) is 31.0 Å². The van der Waals surface area contributed by atoms with Gasteiger partial charge in [-0.15, -0.1) is 0 Å². The van der Waals surface area contributed by atoms with Crippen LogP contribution in [0.4, 0.5) is 11.4 Å². The number of nitro benzene ring substituents is 1. The first kappa shape index (κ1) is 17.7. The molecule has 1 unspecified atom stereocenters. The van der Waals surface area contributed by atoms with Crippen LogP contribution in [-0.2, 0) is 4.79 Å². The molecule has 0 radical (unpaired) electrons. The van der Waals surface area contributed by atoms with E-state index in [2.05, 4.69) is 0 Å². The molecule has 1 amide bonds. The van der Waals surface area contributed by atoms with Gasteiger partial charge in [0.05, 0.1) is 17.2 Å². The van der Waals surface area contributed by atoms with Crippen molar-refractivity contribution in [1.29, 1.82) is 0 Å². The van der Waals surface area contributed by atoms with Crippen LogP contribution in [0.1, 0.15) is 19.8 Å². The number of carbonyl (C=O) groups excluding carboxylic acids is 1. The fourth-order valence-electron chi connectivity index (χ4n) is 2.84. The summed E-state index contributed by atoms with van der Waals surface area (Å²) in [6.45, 7) is 2.71. The number of hydrogen-bond donors (Lipinski definition) is 0. The van der Waals surface area contributed by atoms with Crippen molar-refractivity contribution in [3.8, 4) is 11.5 Å². The molecule has 0 saturated heterocycles. The van der Waals surface area contributed by atoms with Crippen LogP contribution >= 0.6 is 0 Å². The second-order valence-electron chi connectivity index (χ2n) is 5.93. The SMILES string of the molecule is CCC1Oc2ccc([N+](=O)[O-])cc2N(CCCOc2ccccc2)C1=O. The monoisotopic (exact) mass is 356 g/mol. The number of anilines is 1. The maximum atomic E-state index is 12.7. The molecule has 0 bridgehead atoms. The van der Waals surface area contributed by atoms with E-state index >= 15 is 0 Å². The van der Waals surface area contributed by atoms with E-state index in [4.69, 9.17) is 9.47 Å². The van der Waals surface area contributed by atoms with Gasteiger partial charge >= 0.3 is 0 Å². The Balaban J connectivity index is 1.73. The third-order valence-corrected chi connectivity index (χ3v) is 4.16. The van der Waals surface area contributed by atoms with Crippen molar-refractivity contribution >= 4 is 17.3 Å². The second-order valence-corrected chi connectivity index (χ2v) is 5.93. The molecule has 2 aromatic carbocycles. The second kappa shape index (κ2) is 7.86. The van der Waals surface area contributed by atoms with Crippen LogP contribution in [0.25, 0.3) is 0 Å². The molecule has 7 heteroatoms. The summed E-state index contributed by atoms with van der Waals surface area (Å²) in [5.41, 5.74) is 0.370. The maximum Gasteiger partial charge on any atom is 0.271 e. The summed E-state index contributed by atoms with van der Waals surface area (Å²) in [6.07, 6.45) is 0.560. The molecule has 136 valence electrons. The van der Waals surface area contributed by atoms with Crippen molar-refractivity contribution in [2.24, 2.45) is 0 Å². The van der Waals surface area contributed by atoms with Gasteiger partial charge < -0.3 is 14.4 Å². The first-order chi connectivity index (χ1) is 12.6. The molecule has 7 nitrogen and oxygen atoms in total. The van der Waals surface area contributed by atoms with Crippen molar-refractivity contribution in [2.45, 2.75) is 25.9 Å². The predicted molar refractivity (Wildman–Crippen MR) is 96.7 cm³/mol. The zero-order valence-corrected chi connectivity index (χ0v) is 14.5. The van der Waals surface area contributed by atoms with Gasteiger partial charge in [0.25, 0.3) is 11.6 Å². The van der Waals surface area contributed by atoms with Crippen molar-refractivity contribution in [3.63, 3.8) is 0 Å². The van der Waals surface area contributed by atoms with Crippen LogP contribution in [0.2, 0.25) is 0 Å². The van der Waals surface area contributed by atoms with Gasteiger partial charge in [0, 0.05) is 18.7 Å². The standard InChI is InChI=1S/C19H20N2O5/c1-2-17-19(22)20(11-6-12-25-15-7-4-3-5-8-15)16-13-14(21(23)24)9-10-18(16)26-17/h3-5,7-10,13,17H,2,6,11-12H2,1H3. The molecule has 0 aliphatic carbocycles. The third-order valence-electron chi connectivity index (χ3n) is 4.16. The topological polar surface area (TPSA) is 81.9 Å². The van der Waals surface area contributed by atoms with E-state index < -0.39 is 11.0 Å². The number of rotatable bonds is 7. The van der Waals surface area contributed by atoms with Gasteiger partial charge in [-0.3, -0.25) is 14.9 Å². The first-order valence-electron chi connectivity index (χ1n) is 8.54. The van der Waals surface area contributed by atoms with Crippen molar-refractivity contribution in [3.05, 3.63) is 58.6 Å². The summed E-state index contributed by atoms with van der Waals surface area (Å²) in [5, 5.41) is 11.1. The Bertz CT molecular complexity index is 794. The summed E-state index contributed by atoms with van der Waals surface area (Å²) in [6, 6.07) is 13.8. The molecule has 1 aliphatic rings. The van der Waals surface area contributed by atoms with Crippen LogP contribution in [0.5, 0.6) is 11.5 Å². The minimum Gasteiger partial charge on any atom is -0.494 e. The van der Waals surface area contributed by atoms with E-state index in [0.717, 1.165) is 5.75 Å².